The first-order valence-corrected chi connectivity index (χ1v) is 9.95. The Morgan fingerprint density at radius 3 is 2.59 bits per heavy atom. The number of nitrogens with zero attached hydrogens (tertiary/aromatic N) is 3. The van der Waals surface area contributed by atoms with E-state index >= 15 is 0 Å². The number of aromatic nitrogens is 3. The maximum atomic E-state index is 12.8. The van der Waals surface area contributed by atoms with Gasteiger partial charge in [0.05, 0.1) is 17.1 Å². The maximum absolute atomic E-state index is 12.8. The molecule has 0 fully saturated rings. The largest absolute Gasteiger partial charge is 0.469 e. The van der Waals surface area contributed by atoms with Gasteiger partial charge in [-0.15, -0.1) is 16.8 Å². The van der Waals surface area contributed by atoms with Gasteiger partial charge in [-0.2, -0.15) is 0 Å². The summed E-state index contributed by atoms with van der Waals surface area (Å²) in [4.78, 5) is 24.0. The van der Waals surface area contributed by atoms with E-state index in [4.69, 9.17) is 4.42 Å². The zero-order valence-corrected chi connectivity index (χ0v) is 17.3. The molecule has 1 N–H and O–H groups in total. The average molecular weight is 410 g/mol. The summed E-state index contributed by atoms with van der Waals surface area (Å²) in [6.45, 7) is 9.47. The molecule has 0 aliphatic rings. The molecule has 1 amide bonds. The minimum absolute atomic E-state index is 0.0291. The Kier molecular flexibility index (Phi) is 6.33. The van der Waals surface area contributed by atoms with Gasteiger partial charge in [0, 0.05) is 24.7 Å². The van der Waals surface area contributed by atoms with Crippen LogP contribution >= 0.6 is 11.8 Å². The highest BCUT2D eigenvalue weighted by Gasteiger charge is 2.22. The van der Waals surface area contributed by atoms with E-state index in [1.54, 1.807) is 36.6 Å². The lowest BCUT2D eigenvalue weighted by atomic mass is 10.1. The minimum atomic E-state index is -0.368. The van der Waals surface area contributed by atoms with Crippen LogP contribution in [0.25, 0.3) is 11.4 Å². The van der Waals surface area contributed by atoms with E-state index < -0.39 is 0 Å². The van der Waals surface area contributed by atoms with Crippen LogP contribution < -0.4 is 5.32 Å². The topological polar surface area (TPSA) is 90.0 Å². The molecule has 2 heterocycles. The van der Waals surface area contributed by atoms with Gasteiger partial charge in [-0.25, -0.2) is 0 Å². The summed E-state index contributed by atoms with van der Waals surface area (Å²) in [6, 6.07) is 8.69. The van der Waals surface area contributed by atoms with Crippen molar-refractivity contribution in [3.8, 4) is 11.4 Å². The van der Waals surface area contributed by atoms with Crippen LogP contribution in [-0.4, -0.2) is 31.7 Å². The van der Waals surface area contributed by atoms with Gasteiger partial charge in [-0.1, -0.05) is 17.8 Å². The number of hydrogen-bond acceptors (Lipinski definition) is 6. The third-order valence-corrected chi connectivity index (χ3v) is 5.35. The van der Waals surface area contributed by atoms with Crippen LogP contribution in [0.15, 0.2) is 58.8 Å². The van der Waals surface area contributed by atoms with Crippen LogP contribution in [0.2, 0.25) is 0 Å². The number of amides is 1. The van der Waals surface area contributed by atoms with Gasteiger partial charge in [0.15, 0.2) is 16.8 Å². The summed E-state index contributed by atoms with van der Waals surface area (Å²) in [6.07, 6.45) is 3.38. The molecule has 0 spiro atoms. The molecule has 8 heteroatoms. The number of ketones is 1. The first kappa shape index (κ1) is 20.6. The van der Waals surface area contributed by atoms with Crippen molar-refractivity contribution in [3.05, 3.63) is 60.6 Å². The standard InChI is InChI=1S/C21H22N4O3S/c1-5-11-25-20(18-10-12-28-13(18)2)23-24-21(25)29-14(3)19(27)16-6-8-17(9-7-16)22-15(4)26/h5-10,12,14H,1,11H2,2-4H3,(H,22,26). The summed E-state index contributed by atoms with van der Waals surface area (Å²) < 4.78 is 7.29. The predicted octanol–water partition coefficient (Wildman–Crippen LogP) is 4.35. The van der Waals surface area contributed by atoms with Gasteiger partial charge in [0.25, 0.3) is 0 Å². The Morgan fingerprint density at radius 2 is 2.00 bits per heavy atom. The molecule has 0 aliphatic carbocycles. The Balaban J connectivity index is 1.79. The summed E-state index contributed by atoms with van der Waals surface area (Å²) in [5.41, 5.74) is 2.08. The molecule has 1 aromatic carbocycles. The predicted molar refractivity (Wildman–Crippen MR) is 113 cm³/mol. The molecule has 3 aromatic rings. The van der Waals surface area contributed by atoms with Crippen LogP contribution in [0.4, 0.5) is 5.69 Å². The zero-order chi connectivity index (χ0) is 21.0. The second-order valence-corrected chi connectivity index (χ2v) is 7.79. The number of benzene rings is 1. The highest BCUT2D eigenvalue weighted by molar-refractivity contribution is 8.00. The number of carbonyl (C=O) groups is 2. The quantitative estimate of drug-likeness (QED) is 0.337. The normalized spacial score (nSPS) is 11.8. The smallest absolute Gasteiger partial charge is 0.221 e. The fraction of sp³-hybridized carbons (Fsp3) is 0.238. The second kappa shape index (κ2) is 8.91. The van der Waals surface area contributed by atoms with Crippen molar-refractivity contribution in [2.24, 2.45) is 0 Å². The molecule has 1 atom stereocenters. The SMILES string of the molecule is C=CCn1c(SC(C)C(=O)c2ccc(NC(C)=O)cc2)nnc1-c1ccoc1C. The number of anilines is 1. The van der Waals surface area contributed by atoms with E-state index in [1.807, 2.05) is 24.5 Å². The summed E-state index contributed by atoms with van der Waals surface area (Å²) in [7, 11) is 0. The van der Waals surface area contributed by atoms with Gasteiger partial charge in [0.1, 0.15) is 5.76 Å². The highest BCUT2D eigenvalue weighted by Crippen LogP contribution is 2.30. The number of hydrogen-bond donors (Lipinski definition) is 1. The molecule has 0 radical (unpaired) electrons. The number of allylic oxidation sites excluding steroid dienone is 1. The molecule has 3 rings (SSSR count). The van der Waals surface area contributed by atoms with Gasteiger partial charge >= 0.3 is 0 Å². The van der Waals surface area contributed by atoms with E-state index in [-0.39, 0.29) is 16.9 Å². The molecule has 29 heavy (non-hydrogen) atoms. The maximum Gasteiger partial charge on any atom is 0.221 e. The third-order valence-electron chi connectivity index (χ3n) is 4.27. The molecule has 0 aliphatic heterocycles. The van der Waals surface area contributed by atoms with E-state index in [0.717, 1.165) is 11.3 Å². The van der Waals surface area contributed by atoms with Gasteiger partial charge in [0.2, 0.25) is 5.91 Å². The molecule has 2 aromatic heterocycles. The molecule has 1 unspecified atom stereocenters. The lowest BCUT2D eigenvalue weighted by Gasteiger charge is -2.12. The van der Waals surface area contributed by atoms with E-state index in [9.17, 15) is 9.59 Å². The molecule has 0 saturated heterocycles. The summed E-state index contributed by atoms with van der Waals surface area (Å²) in [5.74, 6) is 1.25. The molecule has 0 bridgehead atoms. The van der Waals surface area contributed by atoms with E-state index in [1.165, 1.54) is 18.7 Å². The van der Waals surface area contributed by atoms with E-state index in [2.05, 4.69) is 22.1 Å². The number of rotatable bonds is 8. The third kappa shape index (κ3) is 4.65. The van der Waals surface area contributed by atoms with Gasteiger partial charge in [-0.3, -0.25) is 14.2 Å². The molecule has 7 nitrogen and oxygen atoms in total. The van der Waals surface area contributed by atoms with Crippen molar-refractivity contribution in [2.45, 2.75) is 37.7 Å². The molecular weight excluding hydrogens is 388 g/mol. The Bertz CT molecular complexity index is 1040. The molecule has 150 valence electrons. The van der Waals surface area contributed by atoms with Crippen LogP contribution in [0.5, 0.6) is 0 Å². The fourth-order valence-corrected chi connectivity index (χ4v) is 3.79. The number of furan rings is 1. The Labute approximate surface area is 173 Å². The number of Topliss-reactive ketones (excluding diaryl/α,β-unsaturated/α-hetero) is 1. The van der Waals surface area contributed by atoms with Gasteiger partial charge < -0.3 is 9.73 Å². The first-order valence-electron chi connectivity index (χ1n) is 9.07. The summed E-state index contributed by atoms with van der Waals surface area (Å²) >= 11 is 1.34. The van der Waals surface area contributed by atoms with Crippen molar-refractivity contribution >= 4 is 29.1 Å². The van der Waals surface area contributed by atoms with Crippen molar-refractivity contribution in [3.63, 3.8) is 0 Å². The molecular formula is C21H22N4O3S. The van der Waals surface area contributed by atoms with Crippen LogP contribution in [-0.2, 0) is 11.3 Å². The highest BCUT2D eigenvalue weighted by atomic mass is 32.2. The Morgan fingerprint density at radius 1 is 1.28 bits per heavy atom. The second-order valence-electron chi connectivity index (χ2n) is 6.48. The molecule has 0 saturated carbocycles. The van der Waals surface area contributed by atoms with Crippen LogP contribution in [0, 0.1) is 6.92 Å². The Hall–Kier alpha value is -3.13. The number of thioether (sulfide) groups is 1. The van der Waals surface area contributed by atoms with Crippen molar-refractivity contribution in [1.29, 1.82) is 0 Å². The number of aryl methyl sites for hydroxylation is 1. The minimum Gasteiger partial charge on any atom is -0.469 e. The van der Waals surface area contributed by atoms with Crippen LogP contribution in [0.1, 0.15) is 30.0 Å². The summed E-state index contributed by atoms with van der Waals surface area (Å²) in [5, 5.41) is 11.5. The van der Waals surface area contributed by atoms with Crippen molar-refractivity contribution in [2.75, 3.05) is 5.32 Å². The van der Waals surface area contributed by atoms with E-state index in [0.29, 0.717) is 28.8 Å². The number of carbonyl (C=O) groups excluding carboxylic acids is 2. The first-order chi connectivity index (χ1) is 13.9. The number of nitrogens with one attached hydrogen (secondary N) is 1. The fourth-order valence-electron chi connectivity index (χ4n) is 2.85. The van der Waals surface area contributed by atoms with Crippen molar-refractivity contribution in [1.82, 2.24) is 14.8 Å². The van der Waals surface area contributed by atoms with Crippen molar-refractivity contribution < 1.29 is 14.0 Å². The lowest BCUT2D eigenvalue weighted by molar-refractivity contribution is -0.114. The van der Waals surface area contributed by atoms with Gasteiger partial charge in [-0.05, 0) is 44.2 Å². The van der Waals surface area contributed by atoms with Crippen LogP contribution in [0.3, 0.4) is 0 Å². The zero-order valence-electron chi connectivity index (χ0n) is 16.5. The monoisotopic (exact) mass is 410 g/mol. The average Bonchev–Trinajstić information content (AvgIpc) is 3.27. The lowest BCUT2D eigenvalue weighted by Crippen LogP contribution is -2.15.